The molecule has 0 fully saturated rings. The highest BCUT2D eigenvalue weighted by molar-refractivity contribution is 7.89. The fraction of sp³-hybridized carbons (Fsp3) is 0.643. The van der Waals surface area contributed by atoms with Gasteiger partial charge in [-0.1, -0.05) is 0 Å². The molecule has 0 saturated heterocycles. The third-order valence-corrected chi connectivity index (χ3v) is 4.93. The van der Waals surface area contributed by atoms with Crippen molar-refractivity contribution in [3.8, 4) is 0 Å². The maximum absolute atomic E-state index is 12.4. The SMILES string of the molecule is COC(=O)CCS(=O)(=O)N(CCN(C)C)Cc1ccc(C)o1. The van der Waals surface area contributed by atoms with Crippen molar-refractivity contribution in [1.82, 2.24) is 9.21 Å². The standard InChI is InChI=1S/C14H24N2O5S/c1-12-5-6-13(21-12)11-16(9-8-15(2)3)22(18,19)10-7-14(17)20-4/h5-6H,7-11H2,1-4H3. The number of carbonyl (C=O) groups excluding carboxylic acids is 1. The van der Waals surface area contributed by atoms with Crippen molar-refractivity contribution in [2.75, 3.05) is 40.0 Å². The number of rotatable bonds is 9. The number of aryl methyl sites for hydroxylation is 1. The smallest absolute Gasteiger partial charge is 0.306 e. The Morgan fingerprint density at radius 3 is 2.45 bits per heavy atom. The van der Waals surface area contributed by atoms with Crippen molar-refractivity contribution < 1.29 is 22.4 Å². The summed E-state index contributed by atoms with van der Waals surface area (Å²) in [6.07, 6.45) is -0.158. The van der Waals surface area contributed by atoms with Gasteiger partial charge in [0.2, 0.25) is 10.0 Å². The van der Waals surface area contributed by atoms with Crippen LogP contribution in [0.1, 0.15) is 17.9 Å². The second-order valence-electron chi connectivity index (χ2n) is 5.29. The second-order valence-corrected chi connectivity index (χ2v) is 7.38. The van der Waals surface area contributed by atoms with E-state index in [1.165, 1.54) is 11.4 Å². The van der Waals surface area contributed by atoms with Crippen LogP contribution >= 0.6 is 0 Å². The molecule has 1 aromatic heterocycles. The number of esters is 1. The molecular weight excluding hydrogens is 308 g/mol. The van der Waals surface area contributed by atoms with Gasteiger partial charge in [-0.15, -0.1) is 0 Å². The summed E-state index contributed by atoms with van der Waals surface area (Å²) < 4.78 is 36.2. The topological polar surface area (TPSA) is 80.1 Å². The molecule has 0 aliphatic heterocycles. The Morgan fingerprint density at radius 2 is 1.95 bits per heavy atom. The van der Waals surface area contributed by atoms with E-state index in [1.807, 2.05) is 19.0 Å². The summed E-state index contributed by atoms with van der Waals surface area (Å²) in [5, 5.41) is 0. The summed E-state index contributed by atoms with van der Waals surface area (Å²) in [6, 6.07) is 3.55. The Labute approximate surface area is 131 Å². The van der Waals surface area contributed by atoms with E-state index in [1.54, 1.807) is 19.1 Å². The molecule has 0 spiro atoms. The maximum Gasteiger partial charge on any atom is 0.306 e. The molecule has 0 radical (unpaired) electrons. The van der Waals surface area contributed by atoms with Crippen LogP contribution in [0.4, 0.5) is 0 Å². The van der Waals surface area contributed by atoms with E-state index in [0.29, 0.717) is 18.8 Å². The molecule has 0 aromatic carbocycles. The normalized spacial score (nSPS) is 12.1. The molecule has 22 heavy (non-hydrogen) atoms. The lowest BCUT2D eigenvalue weighted by atomic mass is 10.4. The van der Waals surface area contributed by atoms with Crippen molar-refractivity contribution in [2.45, 2.75) is 19.9 Å². The number of methoxy groups -OCH3 is 1. The fourth-order valence-electron chi connectivity index (χ4n) is 1.82. The first-order valence-corrected chi connectivity index (χ1v) is 8.60. The third kappa shape index (κ3) is 6.17. The van der Waals surface area contributed by atoms with E-state index in [2.05, 4.69) is 4.74 Å². The van der Waals surface area contributed by atoms with Crippen molar-refractivity contribution in [2.24, 2.45) is 0 Å². The average Bonchev–Trinajstić information content (AvgIpc) is 2.85. The minimum absolute atomic E-state index is 0.158. The molecule has 126 valence electrons. The molecule has 8 heteroatoms. The Hall–Kier alpha value is -1.38. The van der Waals surface area contributed by atoms with Crippen LogP contribution in [0.3, 0.4) is 0 Å². The number of carbonyl (C=O) groups is 1. The van der Waals surface area contributed by atoms with Gasteiger partial charge in [0, 0.05) is 13.1 Å². The minimum Gasteiger partial charge on any atom is -0.469 e. The Morgan fingerprint density at radius 1 is 1.27 bits per heavy atom. The lowest BCUT2D eigenvalue weighted by molar-refractivity contribution is -0.140. The van der Waals surface area contributed by atoms with Crippen LogP contribution in [0.5, 0.6) is 0 Å². The van der Waals surface area contributed by atoms with Crippen LogP contribution in [-0.2, 0) is 26.1 Å². The van der Waals surface area contributed by atoms with E-state index < -0.39 is 16.0 Å². The van der Waals surface area contributed by atoms with E-state index in [0.717, 1.165) is 5.76 Å². The van der Waals surface area contributed by atoms with Crippen molar-refractivity contribution in [1.29, 1.82) is 0 Å². The van der Waals surface area contributed by atoms with Gasteiger partial charge in [0.25, 0.3) is 0 Å². The molecule has 0 aliphatic carbocycles. The first-order chi connectivity index (χ1) is 10.2. The van der Waals surface area contributed by atoms with Gasteiger partial charge in [0.1, 0.15) is 11.5 Å². The predicted molar refractivity (Wildman–Crippen MR) is 82.8 cm³/mol. The molecule has 7 nitrogen and oxygen atoms in total. The average molecular weight is 332 g/mol. The molecule has 0 N–H and O–H groups in total. The van der Waals surface area contributed by atoms with Gasteiger partial charge in [-0.2, -0.15) is 4.31 Å². The number of hydrogen-bond acceptors (Lipinski definition) is 6. The van der Waals surface area contributed by atoms with E-state index in [4.69, 9.17) is 4.42 Å². The highest BCUT2D eigenvalue weighted by Gasteiger charge is 2.24. The Balaban J connectivity index is 2.80. The van der Waals surface area contributed by atoms with Crippen molar-refractivity contribution >= 4 is 16.0 Å². The number of nitrogens with zero attached hydrogens (tertiary/aromatic N) is 2. The molecule has 1 rings (SSSR count). The zero-order valence-electron chi connectivity index (χ0n) is 13.5. The summed E-state index contributed by atoms with van der Waals surface area (Å²) in [4.78, 5) is 13.1. The van der Waals surface area contributed by atoms with Crippen molar-refractivity contribution in [3.63, 3.8) is 0 Å². The van der Waals surface area contributed by atoms with Crippen molar-refractivity contribution in [3.05, 3.63) is 23.7 Å². The first-order valence-electron chi connectivity index (χ1n) is 6.99. The molecule has 0 bridgehead atoms. The Kier molecular flexibility index (Phi) is 7.05. The monoisotopic (exact) mass is 332 g/mol. The third-order valence-electron chi connectivity index (χ3n) is 3.11. The van der Waals surface area contributed by atoms with Crippen LogP contribution < -0.4 is 0 Å². The van der Waals surface area contributed by atoms with Crippen LogP contribution in [0, 0.1) is 6.92 Å². The molecule has 0 aliphatic rings. The summed E-state index contributed by atoms with van der Waals surface area (Å²) >= 11 is 0. The molecular formula is C14H24N2O5S. The molecule has 1 heterocycles. The summed E-state index contributed by atoms with van der Waals surface area (Å²) in [5.41, 5.74) is 0. The summed E-state index contributed by atoms with van der Waals surface area (Å²) in [7, 11) is 1.42. The van der Waals surface area contributed by atoms with Gasteiger partial charge < -0.3 is 14.1 Å². The largest absolute Gasteiger partial charge is 0.469 e. The number of likely N-dealkylation sites (N-methyl/N-ethyl adjacent to an activating group) is 1. The van der Waals surface area contributed by atoms with Crippen LogP contribution in [0.25, 0.3) is 0 Å². The van der Waals surface area contributed by atoms with E-state index >= 15 is 0 Å². The van der Waals surface area contributed by atoms with Crippen LogP contribution in [-0.4, -0.2) is 63.6 Å². The quantitative estimate of drug-likeness (QED) is 0.624. The van der Waals surface area contributed by atoms with Gasteiger partial charge in [0.15, 0.2) is 0 Å². The number of furan rings is 1. The molecule has 0 amide bonds. The zero-order valence-corrected chi connectivity index (χ0v) is 14.4. The highest BCUT2D eigenvalue weighted by Crippen LogP contribution is 2.14. The molecule has 0 unspecified atom stereocenters. The van der Waals surface area contributed by atoms with Gasteiger partial charge in [0.05, 0.1) is 25.8 Å². The van der Waals surface area contributed by atoms with E-state index in [9.17, 15) is 13.2 Å². The summed E-state index contributed by atoms with van der Waals surface area (Å²) in [5.74, 6) is 0.504. The Bertz CT molecular complexity index is 580. The van der Waals surface area contributed by atoms with E-state index in [-0.39, 0.29) is 18.7 Å². The number of hydrogen-bond donors (Lipinski definition) is 0. The van der Waals surface area contributed by atoms with Crippen LogP contribution in [0.15, 0.2) is 16.5 Å². The summed E-state index contributed by atoms with van der Waals surface area (Å²) in [6.45, 7) is 2.87. The zero-order chi connectivity index (χ0) is 16.8. The lowest BCUT2D eigenvalue weighted by Crippen LogP contribution is -2.38. The molecule has 0 saturated carbocycles. The van der Waals surface area contributed by atoms with Gasteiger partial charge in [-0.25, -0.2) is 8.42 Å². The molecule has 1 aromatic rings. The van der Waals surface area contributed by atoms with Gasteiger partial charge in [-0.3, -0.25) is 4.79 Å². The van der Waals surface area contributed by atoms with Gasteiger partial charge >= 0.3 is 5.97 Å². The fourth-order valence-corrected chi connectivity index (χ4v) is 3.18. The lowest BCUT2D eigenvalue weighted by Gasteiger charge is -2.22. The maximum atomic E-state index is 12.4. The van der Waals surface area contributed by atoms with Gasteiger partial charge in [-0.05, 0) is 33.2 Å². The molecule has 0 atom stereocenters. The second kappa shape index (κ2) is 8.30. The number of sulfonamides is 1. The minimum atomic E-state index is -3.57. The van der Waals surface area contributed by atoms with Crippen LogP contribution in [0.2, 0.25) is 0 Å². The number of ether oxygens (including phenoxy) is 1. The predicted octanol–water partition coefficient (Wildman–Crippen LogP) is 0.845. The first kappa shape index (κ1) is 18.7. The highest BCUT2D eigenvalue weighted by atomic mass is 32.2.